The second kappa shape index (κ2) is 12.9. The minimum atomic E-state index is -1.61. The summed E-state index contributed by atoms with van der Waals surface area (Å²) in [6.07, 6.45) is -2.45. The van der Waals surface area contributed by atoms with E-state index in [0.717, 1.165) is 11.1 Å². The highest BCUT2D eigenvalue weighted by molar-refractivity contribution is 6.68. The van der Waals surface area contributed by atoms with E-state index >= 15 is 0 Å². The summed E-state index contributed by atoms with van der Waals surface area (Å²) in [7, 11) is 0. The Hall–Kier alpha value is -0.890. The van der Waals surface area contributed by atoms with Gasteiger partial charge in [0.25, 0.3) is 0 Å². The molecule has 2 N–H and O–H groups in total. The molecule has 0 amide bonds. The van der Waals surface area contributed by atoms with E-state index in [1.165, 1.54) is 0 Å². The van der Waals surface area contributed by atoms with Crippen LogP contribution in [-0.4, -0.2) is 46.1 Å². The third kappa shape index (κ3) is 6.86. The van der Waals surface area contributed by atoms with Gasteiger partial charge in [0.2, 0.25) is 3.79 Å². The van der Waals surface area contributed by atoms with Crippen LogP contribution >= 0.6 is 34.8 Å². The van der Waals surface area contributed by atoms with Gasteiger partial charge in [0.15, 0.2) is 6.23 Å². The molecule has 34 heavy (non-hydrogen) atoms. The number of aliphatic hydroxyl groups excluding tert-OH is 1. The number of rotatable bonds is 6. The van der Waals surface area contributed by atoms with Gasteiger partial charge in [0, 0.05) is 17.9 Å². The fraction of sp³-hybridized carbons (Fsp3) is 0.538. The zero-order valence-electron chi connectivity index (χ0n) is 19.7. The van der Waals surface area contributed by atoms with Crippen molar-refractivity contribution in [3.8, 4) is 0 Å². The minimum absolute atomic E-state index is 0.0216. The molecular formula is C26H34Cl3NO4. The Morgan fingerprint density at radius 3 is 1.91 bits per heavy atom. The van der Waals surface area contributed by atoms with Gasteiger partial charge in [0.05, 0.1) is 32.0 Å². The number of nitrogens with one attached hydrogen (secondary N) is 1. The first-order valence-corrected chi connectivity index (χ1v) is 12.9. The van der Waals surface area contributed by atoms with Crippen molar-refractivity contribution < 1.29 is 19.3 Å². The molecule has 7 unspecified atom stereocenters. The zero-order valence-corrected chi connectivity index (χ0v) is 22.0. The average Bonchev–Trinajstić information content (AvgIpc) is 2.86. The quantitative estimate of drug-likeness (QED) is 0.483. The van der Waals surface area contributed by atoms with Gasteiger partial charge in [-0.2, -0.15) is 0 Å². The van der Waals surface area contributed by atoms with E-state index in [1.807, 2.05) is 74.5 Å². The monoisotopic (exact) mass is 529 g/mol. The van der Waals surface area contributed by atoms with E-state index < -0.39 is 22.2 Å². The molecule has 1 aliphatic heterocycles. The Labute approximate surface area is 217 Å². The molecular weight excluding hydrogens is 497 g/mol. The number of hydrogen-bond donors (Lipinski definition) is 2. The Balaban J connectivity index is 0.00000158. The highest BCUT2D eigenvalue weighted by atomic mass is 35.6. The van der Waals surface area contributed by atoms with Crippen LogP contribution in [0.5, 0.6) is 0 Å². The van der Waals surface area contributed by atoms with Crippen molar-refractivity contribution in [3.63, 3.8) is 0 Å². The van der Waals surface area contributed by atoms with E-state index in [1.54, 1.807) is 0 Å². The number of ether oxygens (including phenoxy) is 3. The van der Waals surface area contributed by atoms with Gasteiger partial charge >= 0.3 is 0 Å². The van der Waals surface area contributed by atoms with Crippen LogP contribution in [0.3, 0.4) is 0 Å². The van der Waals surface area contributed by atoms with Gasteiger partial charge in [-0.05, 0) is 11.1 Å². The lowest BCUT2D eigenvalue weighted by atomic mass is 9.72. The van der Waals surface area contributed by atoms with Crippen molar-refractivity contribution in [1.29, 1.82) is 0 Å². The summed E-state index contributed by atoms with van der Waals surface area (Å²) < 4.78 is 16.7. The van der Waals surface area contributed by atoms with Crippen LogP contribution in [0.15, 0.2) is 60.7 Å². The molecule has 1 saturated heterocycles. The van der Waals surface area contributed by atoms with Gasteiger partial charge in [0.1, 0.15) is 6.10 Å². The molecule has 188 valence electrons. The van der Waals surface area contributed by atoms with Gasteiger partial charge in [-0.25, -0.2) is 0 Å². The summed E-state index contributed by atoms with van der Waals surface area (Å²) in [5, 5.41) is 14.6. The van der Waals surface area contributed by atoms with Crippen molar-refractivity contribution in [2.75, 3.05) is 6.61 Å². The van der Waals surface area contributed by atoms with Crippen LogP contribution in [0.25, 0.3) is 0 Å². The molecule has 0 spiro atoms. The molecule has 2 fully saturated rings. The summed E-state index contributed by atoms with van der Waals surface area (Å²) in [5.41, 5.74) is 2.09. The molecule has 1 heterocycles. The first-order valence-electron chi connectivity index (χ1n) is 11.8. The van der Waals surface area contributed by atoms with E-state index in [0.29, 0.717) is 13.2 Å². The Morgan fingerprint density at radius 1 is 0.912 bits per heavy atom. The van der Waals surface area contributed by atoms with E-state index in [9.17, 15) is 5.11 Å². The number of hydrogen-bond acceptors (Lipinski definition) is 5. The van der Waals surface area contributed by atoms with Crippen LogP contribution in [0.2, 0.25) is 0 Å². The van der Waals surface area contributed by atoms with E-state index in [2.05, 4.69) is 12.2 Å². The molecule has 0 aromatic heterocycles. The maximum absolute atomic E-state index is 11.3. The predicted octanol–water partition coefficient (Wildman–Crippen LogP) is 5.49. The fourth-order valence-electron chi connectivity index (χ4n) is 4.61. The van der Waals surface area contributed by atoms with Crippen molar-refractivity contribution in [2.45, 2.75) is 68.4 Å². The van der Waals surface area contributed by atoms with Gasteiger partial charge < -0.3 is 19.3 Å². The molecule has 2 aliphatic rings. The third-order valence-corrected chi connectivity index (χ3v) is 6.91. The minimum Gasteiger partial charge on any atom is -0.390 e. The molecule has 2 aromatic rings. The number of benzene rings is 2. The molecule has 0 radical (unpaired) electrons. The van der Waals surface area contributed by atoms with Crippen LogP contribution in [0.1, 0.15) is 31.9 Å². The smallest absolute Gasteiger partial charge is 0.229 e. The summed E-state index contributed by atoms with van der Waals surface area (Å²) in [6.45, 7) is 7.13. The molecule has 4 rings (SSSR count). The molecule has 7 atom stereocenters. The SMILES string of the molecule is CC.CC1C2NC(C(Cl)(Cl)Cl)OCC2C(O)C(OCc2ccccc2)C1OCc1ccccc1. The maximum Gasteiger partial charge on any atom is 0.229 e. The number of halogens is 3. The fourth-order valence-corrected chi connectivity index (χ4v) is 4.99. The van der Waals surface area contributed by atoms with Gasteiger partial charge in [-0.15, -0.1) is 0 Å². The Kier molecular flexibility index (Phi) is 10.5. The normalized spacial score (nSPS) is 31.2. The van der Waals surface area contributed by atoms with Crippen molar-refractivity contribution >= 4 is 34.8 Å². The standard InChI is InChI=1S/C24H28Cl3NO4.C2H6/c1-15-19-18(14-32-23(28-19)24(25,26)27)20(29)22(31-13-17-10-6-3-7-11-17)21(15)30-12-16-8-4-2-5-9-16;1-2/h2-11,15,18-23,28-29H,12-14H2,1H3;1-2H3. The average molecular weight is 531 g/mol. The third-order valence-electron chi connectivity index (χ3n) is 6.31. The Morgan fingerprint density at radius 2 is 1.41 bits per heavy atom. The van der Waals surface area contributed by atoms with Crippen molar-refractivity contribution in [2.24, 2.45) is 11.8 Å². The lowest BCUT2D eigenvalue weighted by molar-refractivity contribution is -0.220. The van der Waals surface area contributed by atoms with E-state index in [4.69, 9.17) is 49.0 Å². The number of alkyl halides is 3. The summed E-state index contributed by atoms with van der Waals surface area (Å²) in [4.78, 5) is 0. The summed E-state index contributed by atoms with van der Waals surface area (Å²) in [5.74, 6) is -0.238. The first-order chi connectivity index (χ1) is 16.3. The molecule has 0 bridgehead atoms. The van der Waals surface area contributed by atoms with Crippen LogP contribution in [-0.2, 0) is 27.4 Å². The van der Waals surface area contributed by atoms with Crippen LogP contribution in [0, 0.1) is 11.8 Å². The lowest BCUT2D eigenvalue weighted by Gasteiger charge is -2.52. The molecule has 1 saturated carbocycles. The molecule has 2 aromatic carbocycles. The number of fused-ring (bicyclic) bond motifs is 1. The molecule has 5 nitrogen and oxygen atoms in total. The predicted molar refractivity (Wildman–Crippen MR) is 137 cm³/mol. The first kappa shape index (κ1) is 27.7. The van der Waals surface area contributed by atoms with Crippen LogP contribution < -0.4 is 5.32 Å². The Bertz CT molecular complexity index is 852. The second-order valence-corrected chi connectivity index (χ2v) is 10.9. The van der Waals surface area contributed by atoms with E-state index in [-0.39, 0.29) is 30.6 Å². The second-order valence-electron chi connectivity index (χ2n) is 8.48. The van der Waals surface area contributed by atoms with Crippen molar-refractivity contribution in [3.05, 3.63) is 71.8 Å². The largest absolute Gasteiger partial charge is 0.390 e. The lowest BCUT2D eigenvalue weighted by Crippen LogP contribution is -2.69. The highest BCUT2D eigenvalue weighted by Crippen LogP contribution is 2.41. The zero-order chi connectivity index (χ0) is 24.7. The molecule has 8 heteroatoms. The number of aliphatic hydroxyl groups is 1. The van der Waals surface area contributed by atoms with Crippen molar-refractivity contribution in [1.82, 2.24) is 5.32 Å². The topological polar surface area (TPSA) is 60.0 Å². The maximum atomic E-state index is 11.3. The summed E-state index contributed by atoms with van der Waals surface area (Å²) >= 11 is 18.2. The van der Waals surface area contributed by atoms with Gasteiger partial charge in [-0.1, -0.05) is 116 Å². The van der Waals surface area contributed by atoms with Gasteiger partial charge in [-0.3, -0.25) is 5.32 Å². The molecule has 1 aliphatic carbocycles. The van der Waals surface area contributed by atoms with Crippen LogP contribution in [0.4, 0.5) is 0 Å². The highest BCUT2D eigenvalue weighted by Gasteiger charge is 2.54. The summed E-state index contributed by atoms with van der Waals surface area (Å²) in [6, 6.07) is 19.7.